The first-order chi connectivity index (χ1) is 6.26. The van der Waals surface area contributed by atoms with Crippen molar-refractivity contribution in [2.75, 3.05) is 13.2 Å². The highest BCUT2D eigenvalue weighted by Gasteiger charge is 2.32. The SMILES string of the molecule is CC1(CO)CCOc2ccccc21. The number of benzene rings is 1. The van der Waals surface area contributed by atoms with Gasteiger partial charge in [-0.25, -0.2) is 0 Å². The smallest absolute Gasteiger partial charge is 0.123 e. The molecule has 0 spiro atoms. The summed E-state index contributed by atoms with van der Waals surface area (Å²) >= 11 is 0. The van der Waals surface area contributed by atoms with Gasteiger partial charge in [0, 0.05) is 11.0 Å². The van der Waals surface area contributed by atoms with Crippen molar-refractivity contribution >= 4 is 0 Å². The lowest BCUT2D eigenvalue weighted by Gasteiger charge is -2.33. The predicted molar refractivity (Wildman–Crippen MR) is 51.0 cm³/mol. The van der Waals surface area contributed by atoms with Crippen LogP contribution in [0, 0.1) is 0 Å². The summed E-state index contributed by atoms with van der Waals surface area (Å²) in [6, 6.07) is 7.94. The standard InChI is InChI=1S/C11H14O2/c1-11(8-12)6-7-13-10-5-3-2-4-9(10)11/h2-5,12H,6-8H2,1H3. The molecule has 0 fully saturated rings. The average molecular weight is 178 g/mol. The van der Waals surface area contributed by atoms with Crippen molar-refractivity contribution in [3.05, 3.63) is 29.8 Å². The summed E-state index contributed by atoms with van der Waals surface area (Å²) in [6.45, 7) is 2.97. The molecule has 1 heterocycles. The Morgan fingerprint density at radius 2 is 2.23 bits per heavy atom. The van der Waals surface area contributed by atoms with Gasteiger partial charge < -0.3 is 9.84 Å². The number of rotatable bonds is 1. The zero-order valence-corrected chi connectivity index (χ0v) is 7.79. The molecule has 1 aromatic carbocycles. The number of ether oxygens (including phenoxy) is 1. The summed E-state index contributed by atoms with van der Waals surface area (Å²) in [4.78, 5) is 0. The van der Waals surface area contributed by atoms with Gasteiger partial charge in [-0.05, 0) is 12.5 Å². The second-order valence-corrected chi connectivity index (χ2v) is 3.81. The minimum absolute atomic E-state index is 0.116. The summed E-state index contributed by atoms with van der Waals surface area (Å²) in [5.41, 5.74) is 1.01. The van der Waals surface area contributed by atoms with Crippen molar-refractivity contribution in [2.45, 2.75) is 18.8 Å². The van der Waals surface area contributed by atoms with Crippen molar-refractivity contribution in [1.82, 2.24) is 0 Å². The molecule has 0 saturated carbocycles. The summed E-state index contributed by atoms with van der Waals surface area (Å²) < 4.78 is 5.51. The van der Waals surface area contributed by atoms with Crippen LogP contribution in [-0.4, -0.2) is 18.3 Å². The Bertz CT molecular complexity index is 309. The molecule has 0 aromatic heterocycles. The Balaban J connectivity index is 2.48. The van der Waals surface area contributed by atoms with Gasteiger partial charge in [0.05, 0.1) is 13.2 Å². The number of fused-ring (bicyclic) bond motifs is 1. The first kappa shape index (κ1) is 8.57. The first-order valence-corrected chi connectivity index (χ1v) is 4.59. The van der Waals surface area contributed by atoms with Crippen LogP contribution in [0.1, 0.15) is 18.9 Å². The third-order valence-corrected chi connectivity index (χ3v) is 2.80. The molecule has 13 heavy (non-hydrogen) atoms. The fourth-order valence-electron chi connectivity index (χ4n) is 1.78. The first-order valence-electron chi connectivity index (χ1n) is 4.59. The lowest BCUT2D eigenvalue weighted by atomic mass is 9.79. The highest BCUT2D eigenvalue weighted by Crippen LogP contribution is 2.37. The quantitative estimate of drug-likeness (QED) is 0.709. The van der Waals surface area contributed by atoms with Gasteiger partial charge >= 0.3 is 0 Å². The fourth-order valence-corrected chi connectivity index (χ4v) is 1.78. The molecule has 2 nitrogen and oxygen atoms in total. The molecule has 0 aliphatic carbocycles. The summed E-state index contributed by atoms with van der Waals surface area (Å²) in [5.74, 6) is 0.922. The van der Waals surface area contributed by atoms with Crippen molar-refractivity contribution < 1.29 is 9.84 Å². The highest BCUT2D eigenvalue weighted by atomic mass is 16.5. The molecule has 2 rings (SSSR count). The molecule has 1 aliphatic heterocycles. The number of aliphatic hydroxyl groups excluding tert-OH is 1. The molecule has 1 aliphatic rings. The van der Waals surface area contributed by atoms with Crippen LogP contribution in [0.15, 0.2) is 24.3 Å². The molecule has 1 N–H and O–H groups in total. The summed E-state index contributed by atoms with van der Waals surface area (Å²) in [7, 11) is 0. The Hall–Kier alpha value is -1.02. The molecule has 1 unspecified atom stereocenters. The van der Waals surface area contributed by atoms with Crippen LogP contribution in [0.5, 0.6) is 5.75 Å². The van der Waals surface area contributed by atoms with E-state index in [-0.39, 0.29) is 12.0 Å². The maximum absolute atomic E-state index is 9.34. The number of para-hydroxylation sites is 1. The molecule has 70 valence electrons. The molecule has 1 atom stereocenters. The number of hydrogen-bond donors (Lipinski definition) is 1. The second-order valence-electron chi connectivity index (χ2n) is 3.81. The van der Waals surface area contributed by atoms with Gasteiger partial charge in [0.15, 0.2) is 0 Å². The van der Waals surface area contributed by atoms with E-state index in [4.69, 9.17) is 4.74 Å². The van der Waals surface area contributed by atoms with Crippen molar-refractivity contribution in [1.29, 1.82) is 0 Å². The van der Waals surface area contributed by atoms with Crippen LogP contribution in [0.3, 0.4) is 0 Å². The molecule has 0 saturated heterocycles. The second kappa shape index (κ2) is 3.04. The van der Waals surface area contributed by atoms with Crippen molar-refractivity contribution in [3.63, 3.8) is 0 Å². The van der Waals surface area contributed by atoms with Crippen LogP contribution < -0.4 is 4.74 Å². The van der Waals surface area contributed by atoms with Crippen LogP contribution >= 0.6 is 0 Å². The van der Waals surface area contributed by atoms with Crippen molar-refractivity contribution in [3.8, 4) is 5.75 Å². The normalized spacial score (nSPS) is 26.3. The molecular weight excluding hydrogens is 164 g/mol. The van der Waals surface area contributed by atoms with E-state index in [0.29, 0.717) is 6.61 Å². The molecule has 0 radical (unpaired) electrons. The monoisotopic (exact) mass is 178 g/mol. The molecule has 1 aromatic rings. The molecule has 0 bridgehead atoms. The maximum atomic E-state index is 9.34. The van der Waals surface area contributed by atoms with Gasteiger partial charge in [-0.1, -0.05) is 25.1 Å². The van der Waals surface area contributed by atoms with Gasteiger partial charge in [-0.2, -0.15) is 0 Å². The Kier molecular flexibility index (Phi) is 2.00. The number of hydrogen-bond acceptors (Lipinski definition) is 2. The predicted octanol–water partition coefficient (Wildman–Crippen LogP) is 1.72. The molecule has 0 amide bonds. The zero-order valence-electron chi connectivity index (χ0n) is 7.79. The zero-order chi connectivity index (χ0) is 9.31. The topological polar surface area (TPSA) is 29.5 Å². The van der Waals surface area contributed by atoms with Crippen LogP contribution in [0.25, 0.3) is 0 Å². The van der Waals surface area contributed by atoms with Crippen molar-refractivity contribution in [2.24, 2.45) is 0 Å². The van der Waals surface area contributed by atoms with Crippen LogP contribution in [0.2, 0.25) is 0 Å². The Morgan fingerprint density at radius 1 is 1.46 bits per heavy atom. The third kappa shape index (κ3) is 1.31. The van der Waals surface area contributed by atoms with Crippen LogP contribution in [0.4, 0.5) is 0 Å². The van der Waals surface area contributed by atoms with Crippen LogP contribution in [-0.2, 0) is 5.41 Å². The largest absolute Gasteiger partial charge is 0.493 e. The average Bonchev–Trinajstić information content (AvgIpc) is 2.19. The minimum atomic E-state index is -0.116. The third-order valence-electron chi connectivity index (χ3n) is 2.80. The Labute approximate surface area is 78.2 Å². The van der Waals surface area contributed by atoms with Gasteiger partial charge in [0.25, 0.3) is 0 Å². The highest BCUT2D eigenvalue weighted by molar-refractivity contribution is 5.40. The van der Waals surface area contributed by atoms with E-state index in [2.05, 4.69) is 6.92 Å². The van der Waals surface area contributed by atoms with Gasteiger partial charge in [-0.15, -0.1) is 0 Å². The molecule has 2 heteroatoms. The summed E-state index contributed by atoms with van der Waals surface area (Å²) in [6.07, 6.45) is 0.889. The number of aliphatic hydroxyl groups is 1. The fraction of sp³-hybridized carbons (Fsp3) is 0.455. The lowest BCUT2D eigenvalue weighted by Crippen LogP contribution is -2.33. The van der Waals surface area contributed by atoms with E-state index in [1.807, 2.05) is 24.3 Å². The summed E-state index contributed by atoms with van der Waals surface area (Å²) in [5, 5.41) is 9.34. The van der Waals surface area contributed by atoms with E-state index in [0.717, 1.165) is 17.7 Å². The van der Waals surface area contributed by atoms with Gasteiger partial charge in [0.2, 0.25) is 0 Å². The molecular formula is C11H14O2. The Morgan fingerprint density at radius 3 is 3.00 bits per heavy atom. The minimum Gasteiger partial charge on any atom is -0.493 e. The lowest BCUT2D eigenvalue weighted by molar-refractivity contribution is 0.147. The maximum Gasteiger partial charge on any atom is 0.123 e. The van der Waals surface area contributed by atoms with E-state index in [9.17, 15) is 5.11 Å². The van der Waals surface area contributed by atoms with E-state index >= 15 is 0 Å². The van der Waals surface area contributed by atoms with E-state index < -0.39 is 0 Å². The van der Waals surface area contributed by atoms with Gasteiger partial charge in [-0.3, -0.25) is 0 Å². The van der Waals surface area contributed by atoms with E-state index in [1.165, 1.54) is 0 Å². The van der Waals surface area contributed by atoms with E-state index in [1.54, 1.807) is 0 Å². The van der Waals surface area contributed by atoms with Gasteiger partial charge in [0.1, 0.15) is 5.75 Å².